The number of thioether (sulfide) groups is 1. The van der Waals surface area contributed by atoms with Crippen molar-refractivity contribution in [1.29, 1.82) is 0 Å². The van der Waals surface area contributed by atoms with Gasteiger partial charge in [0.1, 0.15) is 6.04 Å². The first-order valence-electron chi connectivity index (χ1n) is 6.30. The molecule has 0 aromatic carbocycles. The SMILES string of the molecule is CCCCOCC(O)CSCC(NC(C)=O)C(=O)O. The normalized spacial score (nSPS) is 13.8. The molecule has 0 aromatic heterocycles. The Morgan fingerprint density at radius 3 is 2.58 bits per heavy atom. The molecule has 0 saturated carbocycles. The van der Waals surface area contributed by atoms with Crippen LogP contribution in [0.3, 0.4) is 0 Å². The highest BCUT2D eigenvalue weighted by Gasteiger charge is 2.18. The lowest BCUT2D eigenvalue weighted by molar-refractivity contribution is -0.140. The van der Waals surface area contributed by atoms with Gasteiger partial charge in [-0.3, -0.25) is 4.79 Å². The summed E-state index contributed by atoms with van der Waals surface area (Å²) in [5.74, 6) is -0.844. The Bertz CT molecular complexity index is 275. The lowest BCUT2D eigenvalue weighted by atomic mass is 10.3. The molecule has 0 radical (unpaired) electrons. The van der Waals surface area contributed by atoms with Crippen molar-refractivity contribution in [3.63, 3.8) is 0 Å². The molecule has 0 heterocycles. The predicted molar refractivity (Wildman–Crippen MR) is 74.3 cm³/mol. The van der Waals surface area contributed by atoms with Gasteiger partial charge in [-0.05, 0) is 6.42 Å². The summed E-state index contributed by atoms with van der Waals surface area (Å²) >= 11 is 1.28. The summed E-state index contributed by atoms with van der Waals surface area (Å²) in [6, 6.07) is -0.921. The number of amides is 1. The van der Waals surface area contributed by atoms with Crippen molar-refractivity contribution in [3.8, 4) is 0 Å². The average Bonchev–Trinajstić information content (AvgIpc) is 2.33. The summed E-state index contributed by atoms with van der Waals surface area (Å²) < 4.78 is 5.26. The minimum Gasteiger partial charge on any atom is -0.480 e. The van der Waals surface area contributed by atoms with Gasteiger partial charge in [0, 0.05) is 25.0 Å². The van der Waals surface area contributed by atoms with Crippen molar-refractivity contribution in [2.45, 2.75) is 38.8 Å². The number of rotatable bonds is 11. The zero-order valence-corrected chi connectivity index (χ0v) is 12.2. The third-order valence-electron chi connectivity index (χ3n) is 2.22. The maximum atomic E-state index is 10.8. The van der Waals surface area contributed by atoms with Crippen LogP contribution >= 0.6 is 11.8 Å². The number of unbranched alkanes of at least 4 members (excludes halogenated alkanes) is 1. The molecule has 1 amide bonds. The van der Waals surface area contributed by atoms with Crippen LogP contribution < -0.4 is 5.32 Å². The van der Waals surface area contributed by atoms with Gasteiger partial charge in [0.25, 0.3) is 0 Å². The van der Waals surface area contributed by atoms with Crippen molar-refractivity contribution in [3.05, 3.63) is 0 Å². The smallest absolute Gasteiger partial charge is 0.327 e. The Hall–Kier alpha value is -0.790. The Balaban J connectivity index is 3.73. The first-order valence-corrected chi connectivity index (χ1v) is 7.46. The van der Waals surface area contributed by atoms with Gasteiger partial charge in [-0.25, -0.2) is 4.79 Å². The predicted octanol–water partition coefficient (Wildman–Crippen LogP) is 0.486. The zero-order valence-electron chi connectivity index (χ0n) is 11.4. The molecular weight excluding hydrogens is 270 g/mol. The summed E-state index contributed by atoms with van der Waals surface area (Å²) in [7, 11) is 0. The van der Waals surface area contributed by atoms with Gasteiger partial charge < -0.3 is 20.3 Å². The second kappa shape index (κ2) is 11.1. The average molecular weight is 293 g/mol. The molecule has 19 heavy (non-hydrogen) atoms. The fourth-order valence-corrected chi connectivity index (χ4v) is 2.22. The van der Waals surface area contributed by atoms with E-state index in [-0.39, 0.29) is 18.3 Å². The highest BCUT2D eigenvalue weighted by Crippen LogP contribution is 2.06. The Kier molecular flexibility index (Phi) is 10.6. The molecule has 112 valence electrons. The molecule has 0 aliphatic rings. The van der Waals surface area contributed by atoms with Crippen LogP contribution in [0.2, 0.25) is 0 Å². The van der Waals surface area contributed by atoms with Crippen molar-refractivity contribution in [2.24, 2.45) is 0 Å². The number of aliphatic carboxylic acids is 1. The van der Waals surface area contributed by atoms with E-state index in [4.69, 9.17) is 9.84 Å². The van der Waals surface area contributed by atoms with Gasteiger partial charge in [0.2, 0.25) is 5.91 Å². The molecular formula is C12H23NO5S. The van der Waals surface area contributed by atoms with Crippen molar-refractivity contribution >= 4 is 23.6 Å². The standard InChI is InChI=1S/C12H23NO5S/c1-3-4-5-18-6-10(15)7-19-8-11(12(16)17)13-9(2)14/h10-11,15H,3-8H2,1-2H3,(H,13,14)(H,16,17). The highest BCUT2D eigenvalue weighted by molar-refractivity contribution is 7.99. The van der Waals surface area contributed by atoms with Gasteiger partial charge >= 0.3 is 5.97 Å². The molecule has 3 N–H and O–H groups in total. The summed E-state index contributed by atoms with van der Waals surface area (Å²) in [5, 5.41) is 20.8. The maximum Gasteiger partial charge on any atom is 0.327 e. The number of carbonyl (C=O) groups excluding carboxylic acids is 1. The van der Waals surface area contributed by atoms with E-state index in [1.165, 1.54) is 18.7 Å². The highest BCUT2D eigenvalue weighted by atomic mass is 32.2. The summed E-state index contributed by atoms with van der Waals surface area (Å²) in [5.41, 5.74) is 0. The van der Waals surface area contributed by atoms with E-state index in [0.29, 0.717) is 12.4 Å². The van der Waals surface area contributed by atoms with Crippen molar-refractivity contribution in [2.75, 3.05) is 24.7 Å². The topological polar surface area (TPSA) is 95.9 Å². The summed E-state index contributed by atoms with van der Waals surface area (Å²) in [6.45, 7) is 4.22. The molecule has 7 heteroatoms. The number of carboxylic acids is 1. The van der Waals surface area contributed by atoms with Crippen LogP contribution in [0.25, 0.3) is 0 Å². The fraction of sp³-hybridized carbons (Fsp3) is 0.833. The lowest BCUT2D eigenvalue weighted by Gasteiger charge is -2.15. The number of nitrogens with one attached hydrogen (secondary N) is 1. The Morgan fingerprint density at radius 2 is 2.05 bits per heavy atom. The molecule has 0 rings (SSSR count). The maximum absolute atomic E-state index is 10.8. The number of aliphatic hydroxyl groups excluding tert-OH is 1. The zero-order chi connectivity index (χ0) is 14.7. The summed E-state index contributed by atoms with van der Waals surface area (Å²) in [6.07, 6.45) is 1.39. The van der Waals surface area contributed by atoms with Crippen LogP contribution in [0.15, 0.2) is 0 Å². The third-order valence-corrected chi connectivity index (χ3v) is 3.41. The summed E-state index contributed by atoms with van der Waals surface area (Å²) in [4.78, 5) is 21.6. The van der Waals surface area contributed by atoms with Gasteiger partial charge in [-0.2, -0.15) is 11.8 Å². The van der Waals surface area contributed by atoms with E-state index in [2.05, 4.69) is 12.2 Å². The first-order chi connectivity index (χ1) is 8.97. The lowest BCUT2D eigenvalue weighted by Crippen LogP contribution is -2.41. The van der Waals surface area contributed by atoms with E-state index in [1.807, 2.05) is 0 Å². The van der Waals surface area contributed by atoms with Crippen LogP contribution in [0.1, 0.15) is 26.7 Å². The molecule has 0 spiro atoms. The molecule has 0 aromatic rings. The van der Waals surface area contributed by atoms with E-state index in [9.17, 15) is 14.7 Å². The quantitative estimate of drug-likeness (QED) is 0.480. The largest absolute Gasteiger partial charge is 0.480 e. The van der Waals surface area contributed by atoms with Crippen molar-refractivity contribution < 1.29 is 24.5 Å². The minimum absolute atomic E-state index is 0.223. The number of ether oxygens (including phenoxy) is 1. The fourth-order valence-electron chi connectivity index (χ4n) is 1.26. The number of aliphatic hydroxyl groups is 1. The van der Waals surface area contributed by atoms with Crippen molar-refractivity contribution in [1.82, 2.24) is 5.32 Å². The van der Waals surface area contributed by atoms with Crippen LogP contribution in [-0.4, -0.2) is 59.0 Å². The minimum atomic E-state index is -1.07. The van der Waals surface area contributed by atoms with Crippen LogP contribution in [0, 0.1) is 0 Å². The Labute approximate surface area is 117 Å². The van der Waals surface area contributed by atoms with Gasteiger partial charge in [0.05, 0.1) is 12.7 Å². The molecule has 0 aliphatic heterocycles. The van der Waals surface area contributed by atoms with Crippen LogP contribution in [0.5, 0.6) is 0 Å². The van der Waals surface area contributed by atoms with E-state index >= 15 is 0 Å². The molecule has 2 unspecified atom stereocenters. The van der Waals surface area contributed by atoms with Crippen LogP contribution in [-0.2, 0) is 14.3 Å². The van der Waals surface area contributed by atoms with Gasteiger partial charge in [0.15, 0.2) is 0 Å². The van der Waals surface area contributed by atoms with E-state index in [1.54, 1.807) is 0 Å². The number of hydrogen-bond acceptors (Lipinski definition) is 5. The Morgan fingerprint density at radius 1 is 1.37 bits per heavy atom. The molecule has 0 fully saturated rings. The van der Waals surface area contributed by atoms with Gasteiger partial charge in [-0.15, -0.1) is 0 Å². The van der Waals surface area contributed by atoms with E-state index < -0.39 is 18.1 Å². The number of carboxylic acid groups (broad SMARTS) is 1. The molecule has 0 bridgehead atoms. The van der Waals surface area contributed by atoms with Crippen LogP contribution in [0.4, 0.5) is 0 Å². The molecule has 0 saturated heterocycles. The van der Waals surface area contributed by atoms with Gasteiger partial charge in [-0.1, -0.05) is 13.3 Å². The number of hydrogen-bond donors (Lipinski definition) is 3. The molecule has 6 nitrogen and oxygen atoms in total. The second-order valence-corrected chi connectivity index (χ2v) is 5.29. The second-order valence-electron chi connectivity index (χ2n) is 4.21. The number of carbonyl (C=O) groups is 2. The van der Waals surface area contributed by atoms with E-state index in [0.717, 1.165) is 12.8 Å². The first kappa shape index (κ1) is 18.2. The monoisotopic (exact) mass is 293 g/mol. The molecule has 2 atom stereocenters. The third kappa shape index (κ3) is 10.8. The molecule has 0 aliphatic carbocycles.